The molecule has 0 aliphatic rings. The molecule has 0 radical (unpaired) electrons. The van der Waals surface area contributed by atoms with E-state index in [4.69, 9.17) is 16.3 Å². The van der Waals surface area contributed by atoms with Gasteiger partial charge in [0.1, 0.15) is 18.3 Å². The molecule has 0 saturated heterocycles. The van der Waals surface area contributed by atoms with Crippen molar-refractivity contribution >= 4 is 55.1 Å². The molecule has 0 heterocycles. The molecule has 0 aliphatic carbocycles. The molecule has 0 saturated carbocycles. The van der Waals surface area contributed by atoms with E-state index in [9.17, 15) is 18.0 Å². The summed E-state index contributed by atoms with van der Waals surface area (Å²) in [6.07, 6.45) is 0. The first kappa shape index (κ1) is 31.4. The van der Waals surface area contributed by atoms with Gasteiger partial charge in [0.15, 0.2) is 0 Å². The van der Waals surface area contributed by atoms with Gasteiger partial charge in [-0.2, -0.15) is 0 Å². The van der Waals surface area contributed by atoms with E-state index in [0.29, 0.717) is 21.9 Å². The number of sulfonamides is 1. The van der Waals surface area contributed by atoms with E-state index in [-0.39, 0.29) is 29.1 Å². The number of anilines is 1. The number of carbonyl (C=O) groups excluding carboxylic acids is 2. The normalized spacial score (nSPS) is 12.1. The highest BCUT2D eigenvalue weighted by molar-refractivity contribution is 9.10. The minimum atomic E-state index is -4.16. The molecule has 2 amide bonds. The molecule has 3 aromatic rings. The molecule has 0 aliphatic heterocycles. The van der Waals surface area contributed by atoms with Crippen LogP contribution in [0.3, 0.4) is 0 Å². The van der Waals surface area contributed by atoms with E-state index < -0.39 is 28.5 Å². The predicted octanol–water partition coefficient (Wildman–Crippen LogP) is 5.64. The quantitative estimate of drug-likeness (QED) is 0.274. The topological polar surface area (TPSA) is 96.0 Å². The van der Waals surface area contributed by atoms with Crippen LogP contribution in [0.1, 0.15) is 33.3 Å². The first-order valence-corrected chi connectivity index (χ1v) is 15.4. The monoisotopic (exact) mass is 649 g/mol. The highest BCUT2D eigenvalue weighted by Crippen LogP contribution is 2.27. The lowest BCUT2D eigenvalue weighted by atomic mass is 10.1. The molecule has 40 heavy (non-hydrogen) atoms. The van der Waals surface area contributed by atoms with Crippen molar-refractivity contribution in [3.8, 4) is 5.75 Å². The zero-order valence-electron chi connectivity index (χ0n) is 22.8. The fraction of sp³-hybridized carbons (Fsp3) is 0.310. The predicted molar refractivity (Wildman–Crippen MR) is 161 cm³/mol. The third-order valence-electron chi connectivity index (χ3n) is 5.98. The molecule has 0 bridgehead atoms. The van der Waals surface area contributed by atoms with Crippen LogP contribution in [0, 0.1) is 0 Å². The lowest BCUT2D eigenvalue weighted by Crippen LogP contribution is -2.52. The number of hydrogen-bond acceptors (Lipinski definition) is 5. The summed E-state index contributed by atoms with van der Waals surface area (Å²) in [4.78, 5) is 28.3. The van der Waals surface area contributed by atoms with Gasteiger partial charge in [-0.15, -0.1) is 0 Å². The van der Waals surface area contributed by atoms with E-state index in [0.717, 1.165) is 9.87 Å². The summed E-state index contributed by atoms with van der Waals surface area (Å²) in [5.41, 5.74) is 1.02. The van der Waals surface area contributed by atoms with E-state index in [1.807, 2.05) is 20.8 Å². The third kappa shape index (κ3) is 8.22. The molecule has 0 aromatic heterocycles. The van der Waals surface area contributed by atoms with Gasteiger partial charge in [0.2, 0.25) is 11.8 Å². The average molecular weight is 651 g/mol. The minimum Gasteiger partial charge on any atom is -0.494 e. The van der Waals surface area contributed by atoms with Gasteiger partial charge in [-0.1, -0.05) is 39.7 Å². The van der Waals surface area contributed by atoms with Crippen LogP contribution in [0.2, 0.25) is 5.02 Å². The highest BCUT2D eigenvalue weighted by Gasteiger charge is 2.32. The molecular formula is C29H33BrClN3O5S. The Morgan fingerprint density at radius 2 is 1.55 bits per heavy atom. The van der Waals surface area contributed by atoms with Crippen molar-refractivity contribution in [1.82, 2.24) is 10.2 Å². The van der Waals surface area contributed by atoms with Crippen molar-refractivity contribution in [3.05, 3.63) is 87.9 Å². The molecule has 214 valence electrons. The summed E-state index contributed by atoms with van der Waals surface area (Å²) in [5.74, 6) is -0.321. The zero-order valence-corrected chi connectivity index (χ0v) is 26.0. The summed E-state index contributed by atoms with van der Waals surface area (Å²) in [6, 6.07) is 18.6. The molecule has 8 nitrogen and oxygen atoms in total. The standard InChI is InChI=1S/C29H33BrClN3O5S/c1-5-39-26-14-12-25(13-15-26)34(40(37,38)27-16-8-23(30)9-17-27)19-28(35)33(21(4)29(36)32-20(2)3)18-22-6-10-24(31)11-7-22/h6-17,20-21H,5,18-19H2,1-4H3,(H,32,36). The van der Waals surface area contributed by atoms with Gasteiger partial charge in [0.05, 0.1) is 17.2 Å². The van der Waals surface area contributed by atoms with Gasteiger partial charge in [-0.3, -0.25) is 13.9 Å². The van der Waals surface area contributed by atoms with Crippen LogP contribution in [0.4, 0.5) is 5.69 Å². The van der Waals surface area contributed by atoms with Crippen LogP contribution in [0.25, 0.3) is 0 Å². The Labute approximate surface area is 249 Å². The first-order chi connectivity index (χ1) is 18.9. The maximum atomic E-state index is 13.9. The number of ether oxygens (including phenoxy) is 1. The van der Waals surface area contributed by atoms with Crippen LogP contribution in [-0.4, -0.2) is 50.4 Å². The Kier molecular flexibility index (Phi) is 11.0. The Bertz CT molecular complexity index is 1400. The number of nitrogens with one attached hydrogen (secondary N) is 1. The lowest BCUT2D eigenvalue weighted by molar-refractivity contribution is -0.139. The number of halogens is 2. The van der Waals surface area contributed by atoms with E-state index in [1.165, 1.54) is 17.0 Å². The number of hydrogen-bond donors (Lipinski definition) is 1. The second-order valence-electron chi connectivity index (χ2n) is 9.38. The first-order valence-electron chi connectivity index (χ1n) is 12.8. The second-order valence-corrected chi connectivity index (χ2v) is 12.6. The fourth-order valence-electron chi connectivity index (χ4n) is 3.91. The Balaban J connectivity index is 2.02. The average Bonchev–Trinajstić information content (AvgIpc) is 2.91. The molecule has 0 fully saturated rings. The number of carbonyl (C=O) groups is 2. The van der Waals surface area contributed by atoms with Crippen LogP contribution in [-0.2, 0) is 26.2 Å². The second kappa shape index (κ2) is 14.0. The molecule has 1 atom stereocenters. The Morgan fingerprint density at radius 1 is 0.950 bits per heavy atom. The SMILES string of the molecule is CCOc1ccc(N(CC(=O)N(Cc2ccc(Cl)cc2)C(C)C(=O)NC(C)C)S(=O)(=O)c2ccc(Br)cc2)cc1. The van der Waals surface area contributed by atoms with Crippen molar-refractivity contribution in [2.24, 2.45) is 0 Å². The summed E-state index contributed by atoms with van der Waals surface area (Å²) in [6.45, 7) is 7.13. The minimum absolute atomic E-state index is 0.0206. The van der Waals surface area contributed by atoms with Gasteiger partial charge >= 0.3 is 0 Å². The van der Waals surface area contributed by atoms with Gasteiger partial charge in [0, 0.05) is 22.1 Å². The summed E-state index contributed by atoms with van der Waals surface area (Å²) in [7, 11) is -4.16. The van der Waals surface area contributed by atoms with Crippen molar-refractivity contribution in [1.29, 1.82) is 0 Å². The summed E-state index contributed by atoms with van der Waals surface area (Å²) < 4.78 is 35.0. The van der Waals surface area contributed by atoms with Gasteiger partial charge in [-0.05, 0) is 93.9 Å². The maximum Gasteiger partial charge on any atom is 0.264 e. The smallest absolute Gasteiger partial charge is 0.264 e. The van der Waals surface area contributed by atoms with Crippen molar-refractivity contribution in [3.63, 3.8) is 0 Å². The molecule has 1 unspecified atom stereocenters. The van der Waals surface area contributed by atoms with E-state index in [1.54, 1.807) is 67.6 Å². The number of nitrogens with zero attached hydrogens (tertiary/aromatic N) is 2. The molecule has 3 aromatic carbocycles. The van der Waals surface area contributed by atoms with Crippen LogP contribution >= 0.6 is 27.5 Å². The van der Waals surface area contributed by atoms with Crippen molar-refractivity contribution in [2.45, 2.75) is 51.2 Å². The van der Waals surface area contributed by atoms with Crippen molar-refractivity contribution < 1.29 is 22.7 Å². The van der Waals surface area contributed by atoms with Crippen LogP contribution < -0.4 is 14.4 Å². The van der Waals surface area contributed by atoms with Crippen LogP contribution in [0.5, 0.6) is 5.75 Å². The highest BCUT2D eigenvalue weighted by atomic mass is 79.9. The Hall–Kier alpha value is -3.08. The lowest BCUT2D eigenvalue weighted by Gasteiger charge is -2.32. The molecule has 11 heteroatoms. The maximum absolute atomic E-state index is 13.9. The third-order valence-corrected chi connectivity index (χ3v) is 8.55. The zero-order chi connectivity index (χ0) is 29.4. The summed E-state index contributed by atoms with van der Waals surface area (Å²) in [5, 5.41) is 3.37. The Morgan fingerprint density at radius 3 is 2.10 bits per heavy atom. The van der Waals surface area contributed by atoms with Gasteiger partial charge < -0.3 is 15.0 Å². The molecular weight excluding hydrogens is 618 g/mol. The van der Waals surface area contributed by atoms with Gasteiger partial charge in [-0.25, -0.2) is 8.42 Å². The largest absolute Gasteiger partial charge is 0.494 e. The molecule has 3 rings (SSSR count). The molecule has 0 spiro atoms. The number of rotatable bonds is 12. The van der Waals surface area contributed by atoms with Crippen molar-refractivity contribution in [2.75, 3.05) is 17.5 Å². The van der Waals surface area contributed by atoms with E-state index >= 15 is 0 Å². The summed E-state index contributed by atoms with van der Waals surface area (Å²) >= 11 is 9.37. The number of amides is 2. The van der Waals surface area contributed by atoms with Gasteiger partial charge in [0.25, 0.3) is 10.0 Å². The van der Waals surface area contributed by atoms with E-state index in [2.05, 4.69) is 21.2 Å². The van der Waals surface area contributed by atoms with Crippen LogP contribution in [0.15, 0.2) is 82.2 Å². The number of benzene rings is 3. The molecule has 1 N–H and O–H groups in total. The fourth-order valence-corrected chi connectivity index (χ4v) is 5.72.